The van der Waals surface area contributed by atoms with Gasteiger partial charge in [-0.1, -0.05) is 0 Å². The van der Waals surface area contributed by atoms with Crippen LogP contribution in [0.4, 0.5) is 13.6 Å². The summed E-state index contributed by atoms with van der Waals surface area (Å²) < 4.78 is 57.0. The molecule has 2 fully saturated rings. The maximum Gasteiger partial charge on any atom is 0.317 e. The van der Waals surface area contributed by atoms with E-state index in [4.69, 9.17) is 4.74 Å². The van der Waals surface area contributed by atoms with Gasteiger partial charge in [-0.05, 0) is 33.6 Å². The van der Waals surface area contributed by atoms with Gasteiger partial charge in [0.15, 0.2) is 0 Å². The molecule has 2 heterocycles. The van der Waals surface area contributed by atoms with Gasteiger partial charge in [0.1, 0.15) is 5.60 Å². The molecule has 146 valence electrons. The maximum absolute atomic E-state index is 13.1. The van der Waals surface area contributed by atoms with Gasteiger partial charge >= 0.3 is 6.03 Å². The summed E-state index contributed by atoms with van der Waals surface area (Å²) in [5.41, 5.74) is -1.65. The standard InChI is InChI=1S/C15H27F2N3O4S/c1-11(2)25(22,23)20-6-4-12(5-7-20)18-14(21)19-8-9-24-15(3,10-19)13(16)17/h11-13H,4-10H2,1-3H3,(H,18,21). The van der Waals surface area contributed by atoms with E-state index < -0.39 is 33.3 Å². The number of nitrogens with one attached hydrogen (secondary N) is 1. The smallest absolute Gasteiger partial charge is 0.317 e. The van der Waals surface area contributed by atoms with E-state index in [9.17, 15) is 22.0 Å². The minimum atomic E-state index is -3.29. The second kappa shape index (κ2) is 7.71. The SMILES string of the molecule is CC(C)S(=O)(=O)N1CCC(NC(=O)N2CCOC(C)(C(F)F)C2)CC1. The Labute approximate surface area is 147 Å². The number of sulfonamides is 1. The Hall–Kier alpha value is -1.00. The molecule has 2 amide bonds. The van der Waals surface area contributed by atoms with Crippen LogP contribution in [0, 0.1) is 0 Å². The number of halogens is 2. The third kappa shape index (κ3) is 4.59. The molecular weight excluding hydrogens is 356 g/mol. The first-order valence-corrected chi connectivity index (χ1v) is 10.0. The Morgan fingerprint density at radius 2 is 1.84 bits per heavy atom. The number of amides is 2. The van der Waals surface area contributed by atoms with Crippen LogP contribution in [-0.2, 0) is 14.8 Å². The van der Waals surface area contributed by atoms with E-state index in [0.717, 1.165) is 0 Å². The first-order valence-electron chi connectivity index (χ1n) is 8.53. The predicted molar refractivity (Wildman–Crippen MR) is 89.1 cm³/mol. The quantitative estimate of drug-likeness (QED) is 0.793. The monoisotopic (exact) mass is 383 g/mol. The van der Waals surface area contributed by atoms with E-state index in [1.54, 1.807) is 13.8 Å². The van der Waals surface area contributed by atoms with Crippen LogP contribution in [0.25, 0.3) is 0 Å². The number of urea groups is 1. The van der Waals surface area contributed by atoms with Crippen molar-refractivity contribution < 1.29 is 26.7 Å². The topological polar surface area (TPSA) is 79.0 Å². The highest BCUT2D eigenvalue weighted by molar-refractivity contribution is 7.89. The third-order valence-corrected chi connectivity index (χ3v) is 7.06. The van der Waals surface area contributed by atoms with Gasteiger partial charge in [0.2, 0.25) is 10.0 Å². The van der Waals surface area contributed by atoms with E-state index in [-0.39, 0.29) is 25.7 Å². The van der Waals surface area contributed by atoms with Crippen molar-refractivity contribution in [3.05, 3.63) is 0 Å². The number of hydrogen-bond acceptors (Lipinski definition) is 4. The van der Waals surface area contributed by atoms with Gasteiger partial charge in [0, 0.05) is 25.7 Å². The zero-order valence-electron chi connectivity index (χ0n) is 14.9. The summed E-state index contributed by atoms with van der Waals surface area (Å²) in [5.74, 6) is 0. The fourth-order valence-corrected chi connectivity index (χ4v) is 4.33. The fourth-order valence-electron chi connectivity index (χ4n) is 3.02. The highest BCUT2D eigenvalue weighted by Gasteiger charge is 2.42. The number of hydrogen-bond donors (Lipinski definition) is 1. The van der Waals surface area contributed by atoms with Crippen LogP contribution in [-0.4, -0.2) is 79.8 Å². The number of nitrogens with zero attached hydrogens (tertiary/aromatic N) is 2. The number of carbonyl (C=O) groups excluding carboxylic acids is 1. The van der Waals surface area contributed by atoms with Crippen molar-refractivity contribution in [1.82, 2.24) is 14.5 Å². The zero-order valence-corrected chi connectivity index (χ0v) is 15.7. The van der Waals surface area contributed by atoms with Crippen molar-refractivity contribution in [1.29, 1.82) is 0 Å². The minimum Gasteiger partial charge on any atom is -0.366 e. The van der Waals surface area contributed by atoms with Gasteiger partial charge in [0.25, 0.3) is 6.43 Å². The lowest BCUT2D eigenvalue weighted by Crippen LogP contribution is -2.59. The summed E-state index contributed by atoms with van der Waals surface area (Å²) in [5, 5.41) is 2.36. The van der Waals surface area contributed by atoms with Gasteiger partial charge < -0.3 is 15.0 Å². The highest BCUT2D eigenvalue weighted by Crippen LogP contribution is 2.25. The number of ether oxygens (including phenoxy) is 1. The normalized spacial score (nSPS) is 27.1. The molecule has 0 aromatic heterocycles. The Balaban J connectivity index is 1.87. The van der Waals surface area contributed by atoms with Gasteiger partial charge in [0.05, 0.1) is 18.4 Å². The molecule has 0 aromatic rings. The molecule has 2 saturated heterocycles. The average molecular weight is 383 g/mol. The van der Waals surface area contributed by atoms with E-state index in [1.165, 1.54) is 16.1 Å². The van der Waals surface area contributed by atoms with Crippen molar-refractivity contribution >= 4 is 16.1 Å². The van der Waals surface area contributed by atoms with Crippen molar-refractivity contribution in [3.8, 4) is 0 Å². The lowest BCUT2D eigenvalue weighted by atomic mass is 10.1. The summed E-state index contributed by atoms with van der Waals surface area (Å²) in [4.78, 5) is 13.7. The molecule has 2 aliphatic heterocycles. The van der Waals surface area contributed by atoms with Crippen LogP contribution < -0.4 is 5.32 Å². The van der Waals surface area contributed by atoms with Crippen molar-refractivity contribution in [2.75, 3.05) is 32.8 Å². The molecule has 2 aliphatic rings. The largest absolute Gasteiger partial charge is 0.366 e. The lowest BCUT2D eigenvalue weighted by Gasteiger charge is -2.40. The summed E-state index contributed by atoms with van der Waals surface area (Å²) in [6.07, 6.45) is -1.66. The van der Waals surface area contributed by atoms with Crippen molar-refractivity contribution in [2.24, 2.45) is 0 Å². The highest BCUT2D eigenvalue weighted by atomic mass is 32.2. The van der Waals surface area contributed by atoms with Crippen LogP contribution in [0.3, 0.4) is 0 Å². The van der Waals surface area contributed by atoms with Gasteiger partial charge in [-0.2, -0.15) is 0 Å². The summed E-state index contributed by atoms with van der Waals surface area (Å²) in [6.45, 7) is 5.44. The first-order chi connectivity index (χ1) is 11.6. The molecule has 7 nitrogen and oxygen atoms in total. The molecule has 1 N–H and O–H groups in total. The molecule has 1 unspecified atom stereocenters. The molecule has 0 aliphatic carbocycles. The molecule has 0 saturated carbocycles. The van der Waals surface area contributed by atoms with E-state index in [2.05, 4.69) is 5.32 Å². The molecule has 0 radical (unpaired) electrons. The minimum absolute atomic E-state index is 0.0688. The second-order valence-corrected chi connectivity index (χ2v) is 9.59. The third-order valence-electron chi connectivity index (χ3n) is 4.78. The van der Waals surface area contributed by atoms with E-state index in [0.29, 0.717) is 25.9 Å². The number of alkyl halides is 2. The predicted octanol–water partition coefficient (Wildman–Crippen LogP) is 1.25. The van der Waals surface area contributed by atoms with Crippen LogP contribution in [0.15, 0.2) is 0 Å². The van der Waals surface area contributed by atoms with Crippen molar-refractivity contribution in [2.45, 2.75) is 56.9 Å². The van der Waals surface area contributed by atoms with Gasteiger partial charge in [-0.15, -0.1) is 0 Å². The molecule has 10 heteroatoms. The molecule has 0 aromatic carbocycles. The molecule has 2 rings (SSSR count). The maximum atomic E-state index is 13.1. The summed E-state index contributed by atoms with van der Waals surface area (Å²) >= 11 is 0. The Kier molecular flexibility index (Phi) is 6.26. The lowest BCUT2D eigenvalue weighted by molar-refractivity contribution is -0.161. The molecule has 25 heavy (non-hydrogen) atoms. The first kappa shape index (κ1) is 20.3. The van der Waals surface area contributed by atoms with Crippen LogP contribution in [0.1, 0.15) is 33.6 Å². The zero-order chi connectivity index (χ0) is 18.8. The van der Waals surface area contributed by atoms with Crippen LogP contribution >= 0.6 is 0 Å². The van der Waals surface area contributed by atoms with E-state index in [1.807, 2.05) is 0 Å². The van der Waals surface area contributed by atoms with Crippen LogP contribution in [0.5, 0.6) is 0 Å². The molecule has 0 spiro atoms. The number of piperidine rings is 1. The summed E-state index contributed by atoms with van der Waals surface area (Å²) in [7, 11) is -3.29. The van der Waals surface area contributed by atoms with Crippen LogP contribution in [0.2, 0.25) is 0 Å². The molecular formula is C15H27F2N3O4S. The van der Waals surface area contributed by atoms with Gasteiger partial charge in [-0.25, -0.2) is 26.3 Å². The molecule has 0 bridgehead atoms. The Morgan fingerprint density at radius 1 is 1.24 bits per heavy atom. The van der Waals surface area contributed by atoms with E-state index >= 15 is 0 Å². The Morgan fingerprint density at radius 3 is 2.36 bits per heavy atom. The number of rotatable bonds is 4. The van der Waals surface area contributed by atoms with Gasteiger partial charge in [-0.3, -0.25) is 0 Å². The number of morpholine rings is 1. The summed E-state index contributed by atoms with van der Waals surface area (Å²) in [6, 6.07) is -0.563. The second-order valence-electron chi connectivity index (χ2n) is 7.10. The average Bonchev–Trinajstić information content (AvgIpc) is 2.55. The number of carbonyl (C=O) groups is 1. The van der Waals surface area contributed by atoms with Crippen molar-refractivity contribution in [3.63, 3.8) is 0 Å². The molecule has 1 atom stereocenters. The fraction of sp³-hybridized carbons (Fsp3) is 0.933. The Bertz CT molecular complexity index is 579.